The lowest BCUT2D eigenvalue weighted by Gasteiger charge is -2.14. The first-order valence-electron chi connectivity index (χ1n) is 9.01. The first-order valence-corrected chi connectivity index (χ1v) is 9.39. The molecule has 2 aromatic carbocycles. The van der Waals surface area contributed by atoms with Crippen molar-refractivity contribution >= 4 is 29.4 Å². The minimum Gasteiger partial charge on any atom is -0.496 e. The van der Waals surface area contributed by atoms with E-state index in [1.807, 2.05) is 6.92 Å². The maximum Gasteiger partial charge on any atom is 0.259 e. The number of ether oxygens (including phenoxy) is 3. The quantitative estimate of drug-likeness (QED) is 0.453. The van der Waals surface area contributed by atoms with Crippen molar-refractivity contribution in [2.45, 2.75) is 6.92 Å². The lowest BCUT2D eigenvalue weighted by Crippen LogP contribution is -2.27. The molecule has 0 fully saturated rings. The van der Waals surface area contributed by atoms with E-state index in [-0.39, 0.29) is 18.3 Å². The van der Waals surface area contributed by atoms with Crippen LogP contribution in [0.25, 0.3) is 6.08 Å². The van der Waals surface area contributed by atoms with Crippen LogP contribution in [0.4, 0.5) is 0 Å². The van der Waals surface area contributed by atoms with E-state index in [1.54, 1.807) is 56.6 Å². The average molecular weight is 418 g/mol. The number of rotatable bonds is 9. The molecule has 0 unspecified atom stereocenters. The summed E-state index contributed by atoms with van der Waals surface area (Å²) in [6.45, 7) is 2.20. The third-order valence-corrected chi connectivity index (χ3v) is 4.21. The molecule has 2 rings (SSSR count). The fourth-order valence-electron chi connectivity index (χ4n) is 2.42. The molecule has 0 bridgehead atoms. The maximum atomic E-state index is 12.5. The zero-order valence-corrected chi connectivity index (χ0v) is 17.7. The molecule has 0 atom stereocenters. The molecule has 6 nitrogen and oxygen atoms in total. The summed E-state index contributed by atoms with van der Waals surface area (Å²) in [7, 11) is 4.82. The van der Waals surface area contributed by atoms with Gasteiger partial charge in [0, 0.05) is 19.1 Å². The van der Waals surface area contributed by atoms with Crippen LogP contribution < -0.4 is 14.2 Å². The minimum absolute atomic E-state index is 0.0880. The van der Waals surface area contributed by atoms with Crippen LogP contribution in [0, 0.1) is 0 Å². The number of carbonyl (C=O) groups excluding carboxylic acids is 2. The summed E-state index contributed by atoms with van der Waals surface area (Å²) in [4.78, 5) is 25.7. The second-order valence-electron chi connectivity index (χ2n) is 6.26. The number of hydrogen-bond donors (Lipinski definition) is 0. The Kier molecular flexibility index (Phi) is 8.09. The largest absolute Gasteiger partial charge is 0.496 e. The Bertz CT molecular complexity index is 908. The summed E-state index contributed by atoms with van der Waals surface area (Å²) in [5, 5.41) is 0.454. The van der Waals surface area contributed by atoms with Gasteiger partial charge in [-0.1, -0.05) is 23.7 Å². The summed E-state index contributed by atoms with van der Waals surface area (Å²) < 4.78 is 16.4. The lowest BCUT2D eigenvalue weighted by atomic mass is 10.1. The molecule has 0 aliphatic heterocycles. The molecule has 2 aromatic rings. The number of hydrogen-bond acceptors (Lipinski definition) is 5. The Morgan fingerprint density at radius 2 is 1.76 bits per heavy atom. The first-order chi connectivity index (χ1) is 13.8. The van der Waals surface area contributed by atoms with Gasteiger partial charge in [-0.25, -0.2) is 0 Å². The number of ketones is 1. The molecule has 0 aliphatic carbocycles. The Morgan fingerprint density at radius 1 is 1.03 bits per heavy atom. The first kappa shape index (κ1) is 22.3. The van der Waals surface area contributed by atoms with E-state index < -0.39 is 0 Å². The van der Waals surface area contributed by atoms with Crippen molar-refractivity contribution in [2.75, 3.05) is 34.4 Å². The summed E-state index contributed by atoms with van der Waals surface area (Å²) in [5.41, 5.74) is 1.12. The van der Waals surface area contributed by atoms with Gasteiger partial charge in [0.15, 0.2) is 23.9 Å². The molecule has 0 heterocycles. The molecule has 0 N–H and O–H groups in total. The van der Waals surface area contributed by atoms with Crippen molar-refractivity contribution in [2.24, 2.45) is 0 Å². The van der Waals surface area contributed by atoms with Crippen LogP contribution in [0.2, 0.25) is 5.02 Å². The highest BCUT2D eigenvalue weighted by Gasteiger charge is 2.12. The molecule has 0 radical (unpaired) electrons. The normalized spacial score (nSPS) is 10.7. The highest BCUT2D eigenvalue weighted by molar-refractivity contribution is 6.31. The second kappa shape index (κ2) is 10.5. The topological polar surface area (TPSA) is 65.1 Å². The Hall–Kier alpha value is -2.99. The number of amides is 1. The van der Waals surface area contributed by atoms with Gasteiger partial charge in [0.2, 0.25) is 0 Å². The van der Waals surface area contributed by atoms with Crippen molar-refractivity contribution in [3.05, 3.63) is 58.6 Å². The van der Waals surface area contributed by atoms with E-state index in [0.29, 0.717) is 34.4 Å². The Balaban J connectivity index is 2.20. The summed E-state index contributed by atoms with van der Waals surface area (Å²) in [6.07, 6.45) is 3.11. The van der Waals surface area contributed by atoms with Gasteiger partial charge in [-0.2, -0.15) is 0 Å². The van der Waals surface area contributed by atoms with Gasteiger partial charge in [0.25, 0.3) is 5.91 Å². The van der Waals surface area contributed by atoms with Crippen molar-refractivity contribution in [1.82, 2.24) is 4.90 Å². The number of allylic oxidation sites excluding steroid dienone is 1. The van der Waals surface area contributed by atoms with Gasteiger partial charge in [-0.3, -0.25) is 9.59 Å². The smallest absolute Gasteiger partial charge is 0.259 e. The molecular formula is C22H24ClNO5. The molecule has 0 spiro atoms. The zero-order valence-electron chi connectivity index (χ0n) is 16.9. The predicted molar refractivity (Wildman–Crippen MR) is 113 cm³/mol. The maximum absolute atomic E-state index is 12.5. The van der Waals surface area contributed by atoms with Gasteiger partial charge in [0.05, 0.1) is 19.3 Å². The summed E-state index contributed by atoms with van der Waals surface area (Å²) in [5.74, 6) is 1.01. The number of carbonyl (C=O) groups is 2. The highest BCUT2D eigenvalue weighted by atomic mass is 35.5. The van der Waals surface area contributed by atoms with Crippen molar-refractivity contribution in [3.63, 3.8) is 0 Å². The highest BCUT2D eigenvalue weighted by Crippen LogP contribution is 2.29. The number of benzene rings is 2. The molecule has 0 saturated carbocycles. The summed E-state index contributed by atoms with van der Waals surface area (Å²) in [6, 6.07) is 10.1. The molecule has 1 amide bonds. The van der Waals surface area contributed by atoms with Gasteiger partial charge in [-0.05, 0) is 48.9 Å². The number of likely N-dealkylation sites (N-methyl/N-ethyl adjacent to an activating group) is 1. The van der Waals surface area contributed by atoms with E-state index in [0.717, 1.165) is 5.56 Å². The van der Waals surface area contributed by atoms with Crippen molar-refractivity contribution < 1.29 is 23.8 Å². The van der Waals surface area contributed by atoms with E-state index in [4.69, 9.17) is 25.8 Å². The molecule has 0 aromatic heterocycles. The molecular weight excluding hydrogens is 394 g/mol. The number of nitrogens with zero attached hydrogens (tertiary/aromatic N) is 1. The fraction of sp³-hybridized carbons (Fsp3) is 0.273. The molecule has 0 aliphatic rings. The van der Waals surface area contributed by atoms with Crippen LogP contribution in [0.15, 0.2) is 42.5 Å². The van der Waals surface area contributed by atoms with Crippen molar-refractivity contribution in [3.8, 4) is 17.2 Å². The molecule has 154 valence electrons. The van der Waals surface area contributed by atoms with Gasteiger partial charge < -0.3 is 19.1 Å². The standard InChI is InChI=1S/C22H24ClNO5/c1-5-28-21-12-15(7-10-20(21)29-14-22(26)24(2)3)6-9-18(25)17-13-16(23)8-11-19(17)27-4/h6-13H,5,14H2,1-4H3/b9-6+. The number of halogens is 1. The Morgan fingerprint density at radius 3 is 2.41 bits per heavy atom. The molecule has 29 heavy (non-hydrogen) atoms. The van der Waals surface area contributed by atoms with Crippen LogP contribution in [0.1, 0.15) is 22.8 Å². The van der Waals surface area contributed by atoms with Gasteiger partial charge in [-0.15, -0.1) is 0 Å². The lowest BCUT2D eigenvalue weighted by molar-refractivity contribution is -0.130. The van der Waals surface area contributed by atoms with Crippen molar-refractivity contribution in [1.29, 1.82) is 0 Å². The zero-order chi connectivity index (χ0) is 21.4. The third kappa shape index (κ3) is 6.26. The number of methoxy groups -OCH3 is 1. The second-order valence-corrected chi connectivity index (χ2v) is 6.69. The SMILES string of the molecule is CCOc1cc(/C=C/C(=O)c2cc(Cl)ccc2OC)ccc1OCC(=O)N(C)C. The van der Waals surface area contributed by atoms with E-state index in [1.165, 1.54) is 18.1 Å². The van der Waals surface area contributed by atoms with Gasteiger partial charge >= 0.3 is 0 Å². The predicted octanol–water partition coefficient (Wildman–Crippen LogP) is 4.11. The van der Waals surface area contributed by atoms with Crippen LogP contribution in [-0.2, 0) is 4.79 Å². The van der Waals surface area contributed by atoms with E-state index in [9.17, 15) is 9.59 Å². The molecule has 0 saturated heterocycles. The third-order valence-electron chi connectivity index (χ3n) is 3.97. The average Bonchev–Trinajstić information content (AvgIpc) is 2.71. The van der Waals surface area contributed by atoms with E-state index >= 15 is 0 Å². The van der Waals surface area contributed by atoms with Crippen LogP contribution >= 0.6 is 11.6 Å². The molecule has 7 heteroatoms. The fourth-order valence-corrected chi connectivity index (χ4v) is 2.59. The van der Waals surface area contributed by atoms with Gasteiger partial charge in [0.1, 0.15) is 5.75 Å². The Labute approximate surface area is 175 Å². The monoisotopic (exact) mass is 417 g/mol. The summed E-state index contributed by atoms with van der Waals surface area (Å²) >= 11 is 5.99. The van der Waals surface area contributed by atoms with Crippen LogP contribution in [-0.4, -0.2) is 51.0 Å². The van der Waals surface area contributed by atoms with Crippen LogP contribution in [0.3, 0.4) is 0 Å². The van der Waals surface area contributed by atoms with Crippen LogP contribution in [0.5, 0.6) is 17.2 Å². The minimum atomic E-state index is -0.237. The van der Waals surface area contributed by atoms with E-state index in [2.05, 4.69) is 0 Å².